The standard InChI is InChI=1S/Ni.H3P.2S.W/h;1H3;;;. The van der Waals surface area contributed by atoms with E-state index in [1.54, 1.807) is 0 Å². The molecule has 0 bridgehead atoms. The van der Waals surface area contributed by atoms with E-state index in [0.29, 0.717) is 0 Å². The quantitative estimate of drug-likeness (QED) is 0.482. The third kappa shape index (κ3) is 23.6. The summed E-state index contributed by atoms with van der Waals surface area (Å²) < 4.78 is 0. The Morgan fingerprint density at radius 3 is 1.20 bits per heavy atom. The molecule has 0 radical (unpaired) electrons. The van der Waals surface area contributed by atoms with Crippen LogP contribution < -0.4 is 0 Å². The fourth-order valence-corrected chi connectivity index (χ4v) is 0. The Labute approximate surface area is 60.4 Å². The number of hydrogen-bond acceptors (Lipinski definition) is 2. The summed E-state index contributed by atoms with van der Waals surface area (Å²) in [7, 11) is 8.75. The summed E-state index contributed by atoms with van der Waals surface area (Å²) in [5, 5.41) is 0. The molecule has 0 saturated heterocycles. The molecule has 1 atom stereocenters. The van der Waals surface area contributed by atoms with Gasteiger partial charge in [0.25, 0.3) is 0 Å². The van der Waals surface area contributed by atoms with Gasteiger partial charge in [-0.25, -0.2) is 0 Å². The first-order valence-corrected chi connectivity index (χ1v) is 8.19. The van der Waals surface area contributed by atoms with Gasteiger partial charge in [-0.05, 0) is 0 Å². The van der Waals surface area contributed by atoms with Crippen molar-refractivity contribution >= 4 is 29.5 Å². The molecule has 0 saturated carbocycles. The molecule has 0 fully saturated rings. The molecule has 0 aromatic heterocycles. The predicted octanol–water partition coefficient (Wildman–Crippen LogP) is 1.35. The van der Waals surface area contributed by atoms with Gasteiger partial charge >= 0.3 is 34.6 Å². The van der Waals surface area contributed by atoms with E-state index >= 15 is 0 Å². The van der Waals surface area contributed by atoms with Crippen molar-refractivity contribution in [1.29, 1.82) is 0 Å². The van der Waals surface area contributed by atoms with E-state index in [1.165, 1.54) is 0 Å². The van der Waals surface area contributed by atoms with Gasteiger partial charge in [0.1, 0.15) is 0 Å². The van der Waals surface area contributed by atoms with Crippen molar-refractivity contribution in [3.63, 3.8) is 0 Å². The second-order valence-corrected chi connectivity index (χ2v) is 5.01. The van der Waals surface area contributed by atoms with Gasteiger partial charge < -0.3 is 0 Å². The van der Waals surface area contributed by atoms with Crippen molar-refractivity contribution in [2.24, 2.45) is 0 Å². The van der Waals surface area contributed by atoms with Gasteiger partial charge in [0.2, 0.25) is 0 Å². The molecule has 0 aliphatic rings. The molecule has 5 heavy (non-hydrogen) atoms. The van der Waals surface area contributed by atoms with E-state index in [1.807, 2.05) is 0 Å². The first-order valence-electron chi connectivity index (χ1n) is 0.333. The number of rotatable bonds is 0. The molecule has 0 aliphatic heterocycles. The van der Waals surface area contributed by atoms with Crippen molar-refractivity contribution in [1.82, 2.24) is 0 Å². The Hall–Kier alpha value is 2.05. The van der Waals surface area contributed by atoms with E-state index in [9.17, 15) is 0 Å². The molecule has 0 N–H and O–H groups in total. The molecule has 1 unspecified atom stereocenters. The van der Waals surface area contributed by atoms with Crippen LogP contribution in [0.3, 0.4) is 0 Å². The Morgan fingerprint density at radius 1 is 1.20 bits per heavy atom. The van der Waals surface area contributed by atoms with Crippen LogP contribution in [-0.2, 0) is 31.4 Å². The normalized spacial score (nSPS) is 2.40. The second kappa shape index (κ2) is 16.6. The third-order valence-corrected chi connectivity index (χ3v) is 0. The topological polar surface area (TPSA) is 0 Å². The minimum atomic E-state index is -0.583. The van der Waals surface area contributed by atoms with Gasteiger partial charge in [0.05, 0.1) is 0 Å². The molecule has 0 nitrogen and oxygen atoms in total. The summed E-state index contributed by atoms with van der Waals surface area (Å²) in [6.45, 7) is 0. The molecule has 0 spiro atoms. The van der Waals surface area contributed by atoms with Gasteiger partial charge in [0, 0.05) is 16.5 Å². The summed E-state index contributed by atoms with van der Waals surface area (Å²) in [5.74, 6) is 0. The first kappa shape index (κ1) is 15.7. The molecule has 0 aromatic carbocycles. The maximum atomic E-state index is 4.38. The first-order chi connectivity index (χ1) is 1.41. The van der Waals surface area contributed by atoms with Crippen molar-refractivity contribution < 1.29 is 31.4 Å². The predicted molar refractivity (Wildman–Crippen MR) is 26.3 cm³/mol. The molecular formula is H3NiPS2W. The summed E-state index contributed by atoms with van der Waals surface area (Å²) >= 11 is -0.583. The van der Waals surface area contributed by atoms with E-state index in [2.05, 4.69) is 19.6 Å². The second-order valence-electron chi connectivity index (χ2n) is 0.0680. The Morgan fingerprint density at radius 2 is 1.20 bits per heavy atom. The van der Waals surface area contributed by atoms with Crippen LogP contribution in [0.1, 0.15) is 0 Å². The fraction of sp³-hybridized carbons (Fsp3) is 0. The van der Waals surface area contributed by atoms with E-state index < -0.39 is 14.9 Å². The van der Waals surface area contributed by atoms with Gasteiger partial charge in [-0.1, -0.05) is 0 Å². The number of hydrogen-bond donors (Lipinski definition) is 0. The van der Waals surface area contributed by atoms with Crippen LogP contribution in [0.4, 0.5) is 0 Å². The van der Waals surface area contributed by atoms with Crippen LogP contribution in [0.5, 0.6) is 0 Å². The Bertz CT molecular complexity index is 30.6. The summed E-state index contributed by atoms with van der Waals surface area (Å²) in [5.41, 5.74) is 0. The molecule has 0 amide bonds. The maximum absolute atomic E-state index is 4.38. The monoisotopic (exact) mass is 340 g/mol. The van der Waals surface area contributed by atoms with Gasteiger partial charge in [-0.3, -0.25) is 0 Å². The van der Waals surface area contributed by atoms with Crippen LogP contribution in [0, 0.1) is 0 Å². The van der Waals surface area contributed by atoms with Crippen molar-refractivity contribution in [3.8, 4) is 0 Å². The molecule has 0 aromatic rings. The van der Waals surface area contributed by atoms with Crippen LogP contribution in [0.15, 0.2) is 0 Å². The summed E-state index contributed by atoms with van der Waals surface area (Å²) in [4.78, 5) is 0. The molecule has 0 heterocycles. The van der Waals surface area contributed by atoms with Crippen LogP contribution in [-0.4, -0.2) is 0 Å². The SMILES string of the molecule is P.[Ni].[S]=[W]=[S]. The van der Waals surface area contributed by atoms with Gasteiger partial charge in [-0.2, -0.15) is 9.90 Å². The van der Waals surface area contributed by atoms with Crippen LogP contribution >= 0.6 is 29.5 Å². The third-order valence-electron chi connectivity index (χ3n) is 0. The van der Waals surface area contributed by atoms with Crippen molar-refractivity contribution in [3.05, 3.63) is 0 Å². The Kier molecular flexibility index (Phi) is 52.2. The average Bonchev–Trinajstić information content (AvgIpc) is 0.918. The molecule has 0 aliphatic carbocycles. The van der Waals surface area contributed by atoms with Crippen LogP contribution in [0.2, 0.25) is 0 Å². The zero-order valence-corrected chi connectivity index (χ0v) is 9.22. The van der Waals surface area contributed by atoms with E-state index in [-0.39, 0.29) is 26.4 Å². The summed E-state index contributed by atoms with van der Waals surface area (Å²) in [6.07, 6.45) is 0. The van der Waals surface area contributed by atoms with Crippen molar-refractivity contribution in [2.45, 2.75) is 0 Å². The zero-order chi connectivity index (χ0) is 2.71. The van der Waals surface area contributed by atoms with Crippen molar-refractivity contribution in [2.75, 3.05) is 0 Å². The average molecular weight is 341 g/mol. The molecule has 36 valence electrons. The molecular weight excluding hydrogens is 338 g/mol. The fourth-order valence-electron chi connectivity index (χ4n) is 0. The molecule has 0 rings (SSSR count). The Balaban J connectivity index is -0.0000000200. The molecule has 5 heteroatoms. The van der Waals surface area contributed by atoms with Crippen LogP contribution in [0.25, 0.3) is 0 Å². The zero-order valence-electron chi connectivity index (χ0n) is 2.25. The summed E-state index contributed by atoms with van der Waals surface area (Å²) in [6, 6.07) is 0. The van der Waals surface area contributed by atoms with E-state index in [4.69, 9.17) is 0 Å². The van der Waals surface area contributed by atoms with E-state index in [0.717, 1.165) is 0 Å². The minimum absolute atomic E-state index is 0. The van der Waals surface area contributed by atoms with Gasteiger partial charge in [0.15, 0.2) is 0 Å². The van der Waals surface area contributed by atoms with Gasteiger partial charge in [-0.15, -0.1) is 0 Å².